The molecule has 1 rings (SSSR count). The van der Waals surface area contributed by atoms with E-state index in [4.69, 9.17) is 14.8 Å². The van der Waals surface area contributed by atoms with Gasteiger partial charge in [-0.3, -0.25) is 4.90 Å². The largest absolute Gasteiger partial charge is 0.451 e. The molecular weight excluding hydrogens is 157 g/mol. The van der Waals surface area contributed by atoms with Crippen molar-refractivity contribution in [1.82, 2.24) is 4.90 Å². The van der Waals surface area contributed by atoms with Gasteiger partial charge in [0.15, 0.2) is 0 Å². The molecule has 0 aromatic carbocycles. The van der Waals surface area contributed by atoms with Crippen LogP contribution in [0.15, 0.2) is 0 Å². The van der Waals surface area contributed by atoms with Gasteiger partial charge in [0.1, 0.15) is 0 Å². The van der Waals surface area contributed by atoms with Crippen LogP contribution in [0.3, 0.4) is 0 Å². The maximum atomic E-state index is 8.59. The molecule has 0 radical (unpaired) electrons. The van der Waals surface area contributed by atoms with Crippen LogP contribution in [0.2, 0.25) is 6.32 Å². The molecule has 1 aliphatic rings. The fourth-order valence-electron chi connectivity index (χ4n) is 1.32. The van der Waals surface area contributed by atoms with Crippen molar-refractivity contribution in [3.63, 3.8) is 0 Å². The summed E-state index contributed by atoms with van der Waals surface area (Å²) < 4.78 is 5.19. The van der Waals surface area contributed by atoms with Crippen molar-refractivity contribution in [3.8, 4) is 0 Å². The van der Waals surface area contributed by atoms with Gasteiger partial charge in [-0.05, 0) is 19.3 Å². The zero-order valence-corrected chi connectivity index (χ0v) is 7.28. The third-order valence-corrected chi connectivity index (χ3v) is 2.04. The number of hydrogen-bond donors (Lipinski definition) is 2. The van der Waals surface area contributed by atoms with Crippen molar-refractivity contribution < 1.29 is 14.8 Å². The summed E-state index contributed by atoms with van der Waals surface area (Å²) in [6.07, 6.45) is 1.31. The van der Waals surface area contributed by atoms with Crippen LogP contribution in [0.1, 0.15) is 6.42 Å². The molecule has 1 saturated heterocycles. The summed E-state index contributed by atoms with van der Waals surface area (Å²) in [5.41, 5.74) is 0. The first-order valence-electron chi connectivity index (χ1n) is 4.45. The monoisotopic (exact) mass is 173 g/mol. The lowest BCUT2D eigenvalue weighted by Gasteiger charge is -2.26. The summed E-state index contributed by atoms with van der Waals surface area (Å²) in [7, 11) is -1.15. The van der Waals surface area contributed by atoms with Gasteiger partial charge in [-0.2, -0.15) is 0 Å². The van der Waals surface area contributed by atoms with Gasteiger partial charge in [0.05, 0.1) is 13.2 Å². The van der Waals surface area contributed by atoms with Crippen molar-refractivity contribution in [2.75, 3.05) is 32.8 Å². The zero-order valence-electron chi connectivity index (χ0n) is 7.28. The van der Waals surface area contributed by atoms with Gasteiger partial charge in [-0.25, -0.2) is 0 Å². The number of hydrogen-bond acceptors (Lipinski definition) is 4. The first kappa shape index (κ1) is 9.99. The molecule has 0 aromatic heterocycles. The van der Waals surface area contributed by atoms with Crippen LogP contribution >= 0.6 is 0 Å². The van der Waals surface area contributed by atoms with E-state index in [2.05, 4.69) is 4.90 Å². The molecular formula is C7H16BNO3. The summed E-state index contributed by atoms with van der Waals surface area (Å²) in [5.74, 6) is 0. The average Bonchev–Trinajstić information content (AvgIpc) is 2.05. The minimum absolute atomic E-state index is 0.470. The second kappa shape index (κ2) is 5.53. The SMILES string of the molecule is OB(O)CCCN1CCOCC1. The van der Waals surface area contributed by atoms with Gasteiger partial charge in [0.2, 0.25) is 0 Å². The Labute approximate surface area is 73.3 Å². The molecule has 70 valence electrons. The minimum atomic E-state index is -1.15. The van der Waals surface area contributed by atoms with E-state index in [1.807, 2.05) is 0 Å². The van der Waals surface area contributed by atoms with E-state index in [0.717, 1.165) is 39.3 Å². The molecule has 12 heavy (non-hydrogen) atoms. The van der Waals surface area contributed by atoms with E-state index in [1.54, 1.807) is 0 Å². The van der Waals surface area contributed by atoms with Crippen LogP contribution in [0.5, 0.6) is 0 Å². The molecule has 5 heteroatoms. The fourth-order valence-corrected chi connectivity index (χ4v) is 1.32. The minimum Gasteiger partial charge on any atom is -0.427 e. The van der Waals surface area contributed by atoms with Crippen molar-refractivity contribution in [2.45, 2.75) is 12.7 Å². The molecule has 0 amide bonds. The fraction of sp³-hybridized carbons (Fsp3) is 1.00. The Balaban J connectivity index is 1.98. The van der Waals surface area contributed by atoms with Gasteiger partial charge in [0.25, 0.3) is 0 Å². The molecule has 1 fully saturated rings. The smallest absolute Gasteiger partial charge is 0.427 e. The van der Waals surface area contributed by atoms with Gasteiger partial charge < -0.3 is 14.8 Å². The summed E-state index contributed by atoms with van der Waals surface area (Å²) in [6, 6.07) is 0. The molecule has 0 atom stereocenters. The summed E-state index contributed by atoms with van der Waals surface area (Å²) in [5, 5.41) is 17.2. The Morgan fingerprint density at radius 1 is 1.25 bits per heavy atom. The molecule has 1 heterocycles. The Kier molecular flexibility index (Phi) is 4.61. The van der Waals surface area contributed by atoms with E-state index in [0.29, 0.717) is 6.32 Å². The van der Waals surface area contributed by atoms with E-state index in [-0.39, 0.29) is 0 Å². The molecule has 0 unspecified atom stereocenters. The second-order valence-electron chi connectivity index (χ2n) is 3.08. The highest BCUT2D eigenvalue weighted by atomic mass is 16.5. The number of morpholine rings is 1. The highest BCUT2D eigenvalue weighted by Gasteiger charge is 2.11. The lowest BCUT2D eigenvalue weighted by atomic mass is 9.84. The molecule has 4 nitrogen and oxygen atoms in total. The van der Waals surface area contributed by atoms with Crippen LogP contribution in [0.4, 0.5) is 0 Å². The summed E-state index contributed by atoms with van der Waals surface area (Å²) in [4.78, 5) is 2.28. The summed E-state index contributed by atoms with van der Waals surface area (Å²) >= 11 is 0. The highest BCUT2D eigenvalue weighted by Crippen LogP contribution is 2.00. The molecule has 0 aliphatic carbocycles. The van der Waals surface area contributed by atoms with E-state index >= 15 is 0 Å². The molecule has 0 spiro atoms. The average molecular weight is 173 g/mol. The maximum Gasteiger partial charge on any atom is 0.451 e. The van der Waals surface area contributed by atoms with Crippen LogP contribution in [-0.2, 0) is 4.74 Å². The van der Waals surface area contributed by atoms with Crippen LogP contribution in [-0.4, -0.2) is 54.9 Å². The first-order valence-corrected chi connectivity index (χ1v) is 4.45. The van der Waals surface area contributed by atoms with Gasteiger partial charge in [0, 0.05) is 13.1 Å². The lowest BCUT2D eigenvalue weighted by molar-refractivity contribution is 0.0378. The standard InChI is InChI=1S/C7H16BNO3/c10-8(11)2-1-3-9-4-6-12-7-5-9/h10-11H,1-7H2. The summed E-state index contributed by atoms with van der Waals surface area (Å²) in [6.45, 7) is 4.51. The first-order chi connectivity index (χ1) is 5.79. The van der Waals surface area contributed by atoms with Crippen molar-refractivity contribution in [3.05, 3.63) is 0 Å². The van der Waals surface area contributed by atoms with Crippen molar-refractivity contribution >= 4 is 7.12 Å². The number of ether oxygens (including phenoxy) is 1. The number of rotatable bonds is 4. The topological polar surface area (TPSA) is 52.9 Å². The van der Waals surface area contributed by atoms with E-state index in [9.17, 15) is 0 Å². The predicted octanol–water partition coefficient (Wildman–Crippen LogP) is -0.818. The highest BCUT2D eigenvalue weighted by molar-refractivity contribution is 6.40. The zero-order chi connectivity index (χ0) is 8.81. The maximum absolute atomic E-state index is 8.59. The second-order valence-corrected chi connectivity index (χ2v) is 3.08. The van der Waals surface area contributed by atoms with E-state index in [1.165, 1.54) is 0 Å². The molecule has 0 saturated carbocycles. The Bertz CT molecular complexity index is 117. The quantitative estimate of drug-likeness (QED) is 0.545. The van der Waals surface area contributed by atoms with Crippen molar-refractivity contribution in [2.24, 2.45) is 0 Å². The molecule has 0 bridgehead atoms. The van der Waals surface area contributed by atoms with Crippen LogP contribution in [0, 0.1) is 0 Å². The lowest BCUT2D eigenvalue weighted by Crippen LogP contribution is -2.37. The van der Waals surface area contributed by atoms with Gasteiger partial charge >= 0.3 is 7.12 Å². The Morgan fingerprint density at radius 3 is 2.50 bits per heavy atom. The molecule has 0 aromatic rings. The Hall–Kier alpha value is -0.0951. The molecule has 2 N–H and O–H groups in total. The third-order valence-electron chi connectivity index (χ3n) is 2.04. The normalized spacial score (nSPS) is 19.5. The van der Waals surface area contributed by atoms with Crippen LogP contribution < -0.4 is 0 Å². The number of nitrogens with zero attached hydrogens (tertiary/aromatic N) is 1. The van der Waals surface area contributed by atoms with Gasteiger partial charge in [-0.15, -0.1) is 0 Å². The molecule has 1 aliphatic heterocycles. The van der Waals surface area contributed by atoms with Gasteiger partial charge in [-0.1, -0.05) is 0 Å². The van der Waals surface area contributed by atoms with Crippen molar-refractivity contribution in [1.29, 1.82) is 0 Å². The van der Waals surface area contributed by atoms with Crippen LogP contribution in [0.25, 0.3) is 0 Å². The Morgan fingerprint density at radius 2 is 1.92 bits per heavy atom. The third kappa shape index (κ3) is 4.06. The predicted molar refractivity (Wildman–Crippen MR) is 46.9 cm³/mol. The van der Waals surface area contributed by atoms with E-state index < -0.39 is 7.12 Å².